The molecule has 0 saturated carbocycles. The topological polar surface area (TPSA) is 101 Å². The van der Waals surface area contributed by atoms with Crippen LogP contribution in [0, 0.1) is 16.0 Å². The lowest BCUT2D eigenvalue weighted by Crippen LogP contribution is -2.43. The third-order valence-corrected chi connectivity index (χ3v) is 2.75. The van der Waals surface area contributed by atoms with E-state index in [9.17, 15) is 19.7 Å². The average Bonchev–Trinajstić information content (AvgIpc) is 2.37. The minimum absolute atomic E-state index is 0.0476. The fourth-order valence-corrected chi connectivity index (χ4v) is 1.84. The Labute approximate surface area is 122 Å². The molecule has 0 aliphatic rings. The maximum atomic E-state index is 12.1. The zero-order valence-corrected chi connectivity index (χ0v) is 12.3. The summed E-state index contributed by atoms with van der Waals surface area (Å²) in [5.41, 5.74) is 0.401. The van der Waals surface area contributed by atoms with Crippen LogP contribution < -0.4 is 10.6 Å². The average molecular weight is 293 g/mol. The van der Waals surface area contributed by atoms with E-state index in [1.54, 1.807) is 0 Å². The van der Waals surface area contributed by atoms with Crippen LogP contribution in [0.4, 0.5) is 11.4 Å². The first-order valence-corrected chi connectivity index (χ1v) is 6.62. The standard InChI is InChI=1S/C14H19N3O4/c1-9(2)8-13(15-10(3)18)14(19)16-11-4-6-12(7-5-11)17(20)21/h4-7,9,13H,8H2,1-3H3,(H,15,18)(H,16,19)/t13-/m0/s1. The van der Waals surface area contributed by atoms with Crippen LogP contribution in [-0.2, 0) is 9.59 Å². The zero-order valence-electron chi connectivity index (χ0n) is 12.3. The predicted molar refractivity (Wildman–Crippen MR) is 78.8 cm³/mol. The van der Waals surface area contributed by atoms with E-state index in [0.29, 0.717) is 12.1 Å². The molecule has 1 aromatic rings. The second-order valence-electron chi connectivity index (χ2n) is 5.18. The van der Waals surface area contributed by atoms with Gasteiger partial charge in [-0.3, -0.25) is 19.7 Å². The Bertz CT molecular complexity index is 526. The molecule has 7 nitrogen and oxygen atoms in total. The normalized spacial score (nSPS) is 11.8. The molecule has 0 aromatic heterocycles. The van der Waals surface area contributed by atoms with Crippen molar-refractivity contribution in [3.63, 3.8) is 0 Å². The van der Waals surface area contributed by atoms with Crippen molar-refractivity contribution in [3.8, 4) is 0 Å². The molecule has 7 heteroatoms. The predicted octanol–water partition coefficient (Wildman–Crippen LogP) is 2.08. The van der Waals surface area contributed by atoms with Crippen molar-refractivity contribution in [3.05, 3.63) is 34.4 Å². The van der Waals surface area contributed by atoms with Gasteiger partial charge < -0.3 is 10.6 Å². The number of anilines is 1. The highest BCUT2D eigenvalue weighted by Crippen LogP contribution is 2.16. The van der Waals surface area contributed by atoms with Crippen LogP contribution in [0.25, 0.3) is 0 Å². The van der Waals surface area contributed by atoms with Crippen LogP contribution >= 0.6 is 0 Å². The van der Waals surface area contributed by atoms with Gasteiger partial charge in [0.25, 0.3) is 5.69 Å². The summed E-state index contributed by atoms with van der Waals surface area (Å²) in [4.78, 5) is 33.3. The number of nitro benzene ring substituents is 1. The summed E-state index contributed by atoms with van der Waals surface area (Å²) in [6.45, 7) is 5.26. The lowest BCUT2D eigenvalue weighted by Gasteiger charge is -2.19. The first kappa shape index (κ1) is 16.6. The number of rotatable bonds is 6. The second kappa shape index (κ2) is 7.37. The quantitative estimate of drug-likeness (QED) is 0.619. The number of nitrogens with one attached hydrogen (secondary N) is 2. The number of non-ortho nitro benzene ring substituents is 1. The van der Waals surface area contributed by atoms with Gasteiger partial charge in [-0.05, 0) is 24.5 Å². The number of nitrogens with zero attached hydrogens (tertiary/aromatic N) is 1. The molecule has 0 spiro atoms. The number of hydrogen-bond acceptors (Lipinski definition) is 4. The Balaban J connectivity index is 2.75. The maximum absolute atomic E-state index is 12.1. The molecule has 1 atom stereocenters. The highest BCUT2D eigenvalue weighted by atomic mass is 16.6. The summed E-state index contributed by atoms with van der Waals surface area (Å²) in [5, 5.41) is 15.8. The van der Waals surface area contributed by atoms with Crippen molar-refractivity contribution < 1.29 is 14.5 Å². The number of carbonyl (C=O) groups excluding carboxylic acids is 2. The maximum Gasteiger partial charge on any atom is 0.269 e. The Morgan fingerprint density at radius 3 is 2.24 bits per heavy atom. The fraction of sp³-hybridized carbons (Fsp3) is 0.429. The van der Waals surface area contributed by atoms with Gasteiger partial charge in [-0.15, -0.1) is 0 Å². The van der Waals surface area contributed by atoms with E-state index in [0.717, 1.165) is 0 Å². The molecule has 0 heterocycles. The van der Waals surface area contributed by atoms with Gasteiger partial charge in [0.1, 0.15) is 6.04 Å². The molecule has 0 bridgehead atoms. The summed E-state index contributed by atoms with van der Waals surface area (Å²) in [7, 11) is 0. The Morgan fingerprint density at radius 1 is 1.24 bits per heavy atom. The number of amides is 2. The van der Waals surface area contributed by atoms with E-state index < -0.39 is 11.0 Å². The van der Waals surface area contributed by atoms with Gasteiger partial charge in [-0.25, -0.2) is 0 Å². The van der Waals surface area contributed by atoms with Gasteiger partial charge in [-0.2, -0.15) is 0 Å². The van der Waals surface area contributed by atoms with Crippen molar-refractivity contribution in [1.29, 1.82) is 0 Å². The first-order chi connectivity index (χ1) is 9.79. The van der Waals surface area contributed by atoms with Crippen LogP contribution in [0.15, 0.2) is 24.3 Å². The van der Waals surface area contributed by atoms with Gasteiger partial charge in [-0.1, -0.05) is 13.8 Å². The molecule has 0 aliphatic carbocycles. The molecule has 114 valence electrons. The molecule has 0 aliphatic heterocycles. The Hall–Kier alpha value is -2.44. The third kappa shape index (κ3) is 5.60. The van der Waals surface area contributed by atoms with Gasteiger partial charge in [0.05, 0.1) is 4.92 Å². The number of nitro groups is 1. The monoisotopic (exact) mass is 293 g/mol. The Morgan fingerprint density at radius 2 is 1.81 bits per heavy atom. The fourth-order valence-electron chi connectivity index (χ4n) is 1.84. The van der Waals surface area contributed by atoms with Gasteiger partial charge in [0.15, 0.2) is 0 Å². The van der Waals surface area contributed by atoms with Gasteiger partial charge in [0, 0.05) is 24.7 Å². The molecular formula is C14H19N3O4. The molecular weight excluding hydrogens is 274 g/mol. The summed E-state index contributed by atoms with van der Waals surface area (Å²) < 4.78 is 0. The van der Waals surface area contributed by atoms with Crippen LogP contribution in [-0.4, -0.2) is 22.8 Å². The van der Waals surface area contributed by atoms with Crippen LogP contribution in [0.5, 0.6) is 0 Å². The van der Waals surface area contributed by atoms with Gasteiger partial charge in [0.2, 0.25) is 11.8 Å². The highest BCUT2D eigenvalue weighted by Gasteiger charge is 2.20. The van der Waals surface area contributed by atoms with Crippen LogP contribution in [0.1, 0.15) is 27.2 Å². The molecule has 2 N–H and O–H groups in total. The second-order valence-corrected chi connectivity index (χ2v) is 5.18. The summed E-state index contributed by atoms with van der Waals surface area (Å²) >= 11 is 0. The SMILES string of the molecule is CC(=O)N[C@@H](CC(C)C)C(=O)Nc1ccc([N+](=O)[O-])cc1. The van der Waals surface area contributed by atoms with Crippen LogP contribution in [0.3, 0.4) is 0 Å². The van der Waals surface area contributed by atoms with Crippen molar-refractivity contribution in [1.82, 2.24) is 5.32 Å². The third-order valence-electron chi connectivity index (χ3n) is 2.75. The summed E-state index contributed by atoms with van der Waals surface area (Å²) in [6, 6.07) is 4.90. The number of benzene rings is 1. The molecule has 21 heavy (non-hydrogen) atoms. The van der Waals surface area contributed by atoms with E-state index in [-0.39, 0.29) is 23.4 Å². The lowest BCUT2D eigenvalue weighted by atomic mass is 10.0. The molecule has 0 saturated heterocycles. The minimum Gasteiger partial charge on any atom is -0.345 e. The zero-order chi connectivity index (χ0) is 16.0. The van der Waals surface area contributed by atoms with E-state index in [1.807, 2.05) is 13.8 Å². The Kier molecular flexibility index (Phi) is 5.83. The lowest BCUT2D eigenvalue weighted by molar-refractivity contribution is -0.384. The van der Waals surface area contributed by atoms with Crippen LogP contribution in [0.2, 0.25) is 0 Å². The van der Waals surface area contributed by atoms with E-state index in [2.05, 4.69) is 10.6 Å². The van der Waals surface area contributed by atoms with E-state index in [1.165, 1.54) is 31.2 Å². The number of hydrogen-bond donors (Lipinski definition) is 2. The van der Waals surface area contributed by atoms with Crippen molar-refractivity contribution in [2.24, 2.45) is 5.92 Å². The van der Waals surface area contributed by atoms with E-state index >= 15 is 0 Å². The first-order valence-electron chi connectivity index (χ1n) is 6.62. The highest BCUT2D eigenvalue weighted by molar-refractivity contribution is 5.97. The van der Waals surface area contributed by atoms with Crippen molar-refractivity contribution in [2.45, 2.75) is 33.2 Å². The molecule has 0 radical (unpaired) electrons. The minimum atomic E-state index is -0.627. The van der Waals surface area contributed by atoms with E-state index in [4.69, 9.17) is 0 Å². The summed E-state index contributed by atoms with van der Waals surface area (Å²) in [6.07, 6.45) is 0.512. The molecule has 1 rings (SSSR count). The molecule has 1 aromatic carbocycles. The molecule has 0 fully saturated rings. The smallest absolute Gasteiger partial charge is 0.269 e. The van der Waals surface area contributed by atoms with Crippen molar-refractivity contribution in [2.75, 3.05) is 5.32 Å². The molecule has 0 unspecified atom stereocenters. The summed E-state index contributed by atoms with van der Waals surface area (Å²) in [5.74, 6) is -0.378. The number of carbonyl (C=O) groups is 2. The molecule has 2 amide bonds. The largest absolute Gasteiger partial charge is 0.345 e. The van der Waals surface area contributed by atoms with Gasteiger partial charge >= 0.3 is 0 Å². The van der Waals surface area contributed by atoms with Crippen molar-refractivity contribution >= 4 is 23.2 Å².